The van der Waals surface area contributed by atoms with E-state index in [9.17, 15) is 4.39 Å². The van der Waals surface area contributed by atoms with Gasteiger partial charge in [0.25, 0.3) is 0 Å². The average molecular weight is 364 g/mol. The number of rotatable bonds is 5. The van der Waals surface area contributed by atoms with Crippen molar-refractivity contribution >= 4 is 15.9 Å². The highest BCUT2D eigenvalue weighted by molar-refractivity contribution is 9.10. The molecule has 3 heteroatoms. The van der Waals surface area contributed by atoms with Gasteiger partial charge in [0.2, 0.25) is 0 Å². The maximum Gasteiger partial charge on any atom is 0.137 e. The lowest BCUT2D eigenvalue weighted by atomic mass is 9.87. The van der Waals surface area contributed by atoms with Gasteiger partial charge in [-0.3, -0.25) is 0 Å². The molecule has 0 saturated carbocycles. The second kappa shape index (κ2) is 7.38. The molecule has 0 bridgehead atoms. The normalized spacial score (nSPS) is 11.7. The van der Waals surface area contributed by atoms with Gasteiger partial charge in [0.1, 0.15) is 5.82 Å². The van der Waals surface area contributed by atoms with Crippen LogP contribution in [0.2, 0.25) is 0 Å². The first-order valence-electron chi connectivity index (χ1n) is 7.60. The molecule has 2 aromatic rings. The third-order valence-electron chi connectivity index (χ3n) is 3.72. The Hall–Kier alpha value is -1.19. The van der Waals surface area contributed by atoms with Gasteiger partial charge < -0.3 is 5.32 Å². The van der Waals surface area contributed by atoms with E-state index in [0.717, 1.165) is 25.1 Å². The van der Waals surface area contributed by atoms with Crippen LogP contribution < -0.4 is 5.32 Å². The van der Waals surface area contributed by atoms with E-state index < -0.39 is 0 Å². The fourth-order valence-electron chi connectivity index (χ4n) is 2.28. The molecule has 0 saturated heterocycles. The van der Waals surface area contributed by atoms with Crippen molar-refractivity contribution in [2.75, 3.05) is 6.54 Å². The summed E-state index contributed by atoms with van der Waals surface area (Å²) >= 11 is 3.22. The molecule has 0 spiro atoms. The molecule has 0 unspecified atom stereocenters. The summed E-state index contributed by atoms with van der Waals surface area (Å²) in [6.07, 6.45) is 0.888. The number of hydrogen-bond acceptors (Lipinski definition) is 1. The van der Waals surface area contributed by atoms with E-state index in [2.05, 4.69) is 66.3 Å². The predicted molar refractivity (Wildman–Crippen MR) is 94.7 cm³/mol. The summed E-state index contributed by atoms with van der Waals surface area (Å²) in [6, 6.07) is 14.0. The molecular weight excluding hydrogens is 341 g/mol. The Morgan fingerprint density at radius 2 is 1.64 bits per heavy atom. The number of halogens is 2. The smallest absolute Gasteiger partial charge is 0.137 e. The van der Waals surface area contributed by atoms with Gasteiger partial charge in [-0.1, -0.05) is 51.1 Å². The lowest BCUT2D eigenvalue weighted by Crippen LogP contribution is -2.17. The van der Waals surface area contributed by atoms with E-state index in [1.165, 1.54) is 17.2 Å². The summed E-state index contributed by atoms with van der Waals surface area (Å²) in [6.45, 7) is 8.40. The Kier molecular flexibility index (Phi) is 5.76. The first-order chi connectivity index (χ1) is 10.4. The molecule has 0 amide bonds. The molecule has 0 aliphatic rings. The van der Waals surface area contributed by atoms with Crippen LogP contribution in [0.5, 0.6) is 0 Å². The Balaban J connectivity index is 1.80. The third-order valence-corrected chi connectivity index (χ3v) is 4.33. The first-order valence-corrected chi connectivity index (χ1v) is 8.39. The second-order valence-corrected chi connectivity index (χ2v) is 7.48. The van der Waals surface area contributed by atoms with Crippen molar-refractivity contribution in [1.29, 1.82) is 0 Å². The van der Waals surface area contributed by atoms with E-state index in [-0.39, 0.29) is 11.2 Å². The molecule has 0 aliphatic heterocycles. The lowest BCUT2D eigenvalue weighted by Gasteiger charge is -2.19. The van der Waals surface area contributed by atoms with Gasteiger partial charge in [-0.15, -0.1) is 0 Å². The maximum atomic E-state index is 13.2. The van der Waals surface area contributed by atoms with Crippen LogP contribution in [0.25, 0.3) is 0 Å². The Bertz CT molecular complexity index is 614. The zero-order valence-corrected chi connectivity index (χ0v) is 15.0. The van der Waals surface area contributed by atoms with Gasteiger partial charge in [-0.25, -0.2) is 4.39 Å². The quantitative estimate of drug-likeness (QED) is 0.718. The van der Waals surface area contributed by atoms with Crippen LogP contribution >= 0.6 is 15.9 Å². The molecule has 22 heavy (non-hydrogen) atoms. The van der Waals surface area contributed by atoms with E-state index in [4.69, 9.17) is 0 Å². The third kappa shape index (κ3) is 4.92. The summed E-state index contributed by atoms with van der Waals surface area (Å²) < 4.78 is 13.7. The summed E-state index contributed by atoms with van der Waals surface area (Å²) in [4.78, 5) is 0. The van der Waals surface area contributed by atoms with Crippen LogP contribution in [-0.2, 0) is 18.4 Å². The first kappa shape index (κ1) is 17.2. The second-order valence-electron chi connectivity index (χ2n) is 6.62. The fourth-order valence-corrected chi connectivity index (χ4v) is 2.71. The molecule has 0 heterocycles. The average Bonchev–Trinajstić information content (AvgIpc) is 2.47. The molecule has 0 atom stereocenters. The SMILES string of the molecule is CC(C)(C)c1ccc(CNCCc2ccc(F)c(Br)c2)cc1. The van der Waals surface area contributed by atoms with Crippen molar-refractivity contribution in [2.24, 2.45) is 0 Å². The number of benzene rings is 2. The zero-order valence-electron chi connectivity index (χ0n) is 13.4. The van der Waals surface area contributed by atoms with Crippen molar-refractivity contribution in [2.45, 2.75) is 39.2 Å². The van der Waals surface area contributed by atoms with Crippen LogP contribution in [0, 0.1) is 5.82 Å². The molecule has 1 nitrogen and oxygen atoms in total. The lowest BCUT2D eigenvalue weighted by molar-refractivity contribution is 0.589. The van der Waals surface area contributed by atoms with Crippen LogP contribution in [0.3, 0.4) is 0 Å². The van der Waals surface area contributed by atoms with Crippen molar-refractivity contribution in [3.05, 3.63) is 69.4 Å². The van der Waals surface area contributed by atoms with Crippen LogP contribution in [0.15, 0.2) is 46.9 Å². The molecule has 0 aliphatic carbocycles. The molecule has 2 rings (SSSR count). The van der Waals surface area contributed by atoms with Gasteiger partial charge in [0, 0.05) is 6.54 Å². The van der Waals surface area contributed by atoms with E-state index >= 15 is 0 Å². The highest BCUT2D eigenvalue weighted by atomic mass is 79.9. The Labute approximate surface area is 141 Å². The fraction of sp³-hybridized carbons (Fsp3) is 0.368. The highest BCUT2D eigenvalue weighted by Gasteiger charge is 2.12. The standard InChI is InChI=1S/C19H23BrFN/c1-19(2,3)16-7-4-15(5-8-16)13-22-11-10-14-6-9-18(21)17(20)12-14/h4-9,12,22H,10-11,13H2,1-3H3. The van der Waals surface area contributed by atoms with Crippen molar-refractivity contribution in [3.8, 4) is 0 Å². The van der Waals surface area contributed by atoms with Crippen molar-refractivity contribution < 1.29 is 4.39 Å². The molecule has 2 aromatic carbocycles. The van der Waals surface area contributed by atoms with Crippen molar-refractivity contribution in [1.82, 2.24) is 5.32 Å². The summed E-state index contributed by atoms with van der Waals surface area (Å²) in [5.41, 5.74) is 3.96. The van der Waals surface area contributed by atoms with Crippen molar-refractivity contribution in [3.63, 3.8) is 0 Å². The molecular formula is C19H23BrFN. The topological polar surface area (TPSA) is 12.0 Å². The predicted octanol–water partition coefficient (Wildman–Crippen LogP) is 5.22. The van der Waals surface area contributed by atoms with Gasteiger partial charge in [0.15, 0.2) is 0 Å². The molecule has 0 aromatic heterocycles. The summed E-state index contributed by atoms with van der Waals surface area (Å²) in [5.74, 6) is -0.212. The van der Waals surface area contributed by atoms with E-state index in [1.807, 2.05) is 12.1 Å². The van der Waals surface area contributed by atoms with Gasteiger partial charge in [-0.05, 0) is 63.1 Å². The Morgan fingerprint density at radius 1 is 1.00 bits per heavy atom. The minimum atomic E-state index is -0.212. The van der Waals surface area contributed by atoms with Gasteiger partial charge in [0.05, 0.1) is 4.47 Å². The summed E-state index contributed by atoms with van der Waals surface area (Å²) in [7, 11) is 0. The molecule has 118 valence electrons. The van der Waals surface area contributed by atoms with Crippen LogP contribution in [-0.4, -0.2) is 6.54 Å². The molecule has 0 fully saturated rings. The minimum absolute atomic E-state index is 0.196. The zero-order chi connectivity index (χ0) is 16.2. The molecule has 1 N–H and O–H groups in total. The monoisotopic (exact) mass is 363 g/mol. The largest absolute Gasteiger partial charge is 0.312 e. The molecule has 0 radical (unpaired) electrons. The Morgan fingerprint density at radius 3 is 2.23 bits per heavy atom. The maximum absolute atomic E-state index is 13.2. The van der Waals surface area contributed by atoms with Crippen LogP contribution in [0.1, 0.15) is 37.5 Å². The van der Waals surface area contributed by atoms with E-state index in [0.29, 0.717) is 4.47 Å². The minimum Gasteiger partial charge on any atom is -0.312 e. The summed E-state index contributed by atoms with van der Waals surface area (Å²) in [5, 5.41) is 3.43. The van der Waals surface area contributed by atoms with Gasteiger partial charge in [-0.2, -0.15) is 0 Å². The highest BCUT2D eigenvalue weighted by Crippen LogP contribution is 2.22. The number of hydrogen-bond donors (Lipinski definition) is 1. The van der Waals surface area contributed by atoms with Gasteiger partial charge >= 0.3 is 0 Å². The van der Waals surface area contributed by atoms with E-state index in [1.54, 1.807) is 0 Å². The number of nitrogens with one attached hydrogen (secondary N) is 1. The van der Waals surface area contributed by atoms with Crippen LogP contribution in [0.4, 0.5) is 4.39 Å².